The van der Waals surface area contributed by atoms with E-state index in [1.165, 1.54) is 103 Å². The molecule has 0 aliphatic heterocycles. The third-order valence-corrected chi connectivity index (χ3v) is 11.3. The van der Waals surface area contributed by atoms with Crippen LogP contribution >= 0.6 is 0 Å². The molecule has 186 valence electrons. The van der Waals surface area contributed by atoms with E-state index in [1.54, 1.807) is 0 Å². The second-order valence-electron chi connectivity index (χ2n) is 13.7. The van der Waals surface area contributed by atoms with Gasteiger partial charge in [-0.25, -0.2) is 0 Å². The maximum Gasteiger partial charge on any atom is 4.00 e. The van der Waals surface area contributed by atoms with Crippen LogP contribution < -0.4 is 0 Å². The fourth-order valence-electron chi connectivity index (χ4n) is 9.03. The summed E-state index contributed by atoms with van der Waals surface area (Å²) in [5, 5.41) is 0. The summed E-state index contributed by atoms with van der Waals surface area (Å²) in [6.45, 7) is 9.60. The van der Waals surface area contributed by atoms with Crippen molar-refractivity contribution in [3.05, 3.63) is 23.7 Å². The van der Waals surface area contributed by atoms with Crippen molar-refractivity contribution in [2.75, 3.05) is 0 Å². The van der Waals surface area contributed by atoms with Gasteiger partial charge in [0.15, 0.2) is 0 Å². The van der Waals surface area contributed by atoms with Gasteiger partial charge >= 0.3 is 17.4 Å². The molecule has 8 bridgehead atoms. The van der Waals surface area contributed by atoms with Crippen molar-refractivity contribution < 1.29 is 17.4 Å². The zero-order valence-electron chi connectivity index (χ0n) is 22.3. The topological polar surface area (TPSA) is 0 Å². The van der Waals surface area contributed by atoms with Crippen molar-refractivity contribution in [2.24, 2.45) is 47.3 Å². The molecule has 0 aromatic carbocycles. The molecule has 8 aliphatic rings. The monoisotopic (exact) mass is 488 g/mol. The fraction of sp³-hybridized carbons (Fsp3) is 0.875. The molecule has 0 amide bonds. The first-order valence-electron chi connectivity index (χ1n) is 14.8. The molecular weight excluding hydrogens is 436 g/mol. The van der Waals surface area contributed by atoms with E-state index >= 15 is 0 Å². The van der Waals surface area contributed by atoms with Crippen LogP contribution in [0.3, 0.4) is 0 Å². The third-order valence-electron chi connectivity index (χ3n) is 11.3. The average Bonchev–Trinajstić information content (AvgIpc) is 3.61. The molecule has 8 atom stereocenters. The number of fused-ring (bicyclic) bond motifs is 8. The standard InChI is InChI=1S/4C8H13.Cr/c4*1-6-4-7-2-3-8(6)5-7;/h4*6,8H,2-5H2,1H3;/q4*-1;+4. The predicted octanol–water partition coefficient (Wildman–Crippen LogP) is 9.60. The van der Waals surface area contributed by atoms with Gasteiger partial charge in [-0.05, 0) is 0 Å². The largest absolute Gasteiger partial charge is 4.00 e. The maximum atomic E-state index is 2.40. The summed E-state index contributed by atoms with van der Waals surface area (Å²) in [7, 11) is 0. The molecule has 8 unspecified atom stereocenters. The van der Waals surface area contributed by atoms with Crippen LogP contribution in [0.5, 0.6) is 0 Å². The fourth-order valence-corrected chi connectivity index (χ4v) is 9.03. The molecule has 8 rings (SSSR count). The molecule has 8 saturated carbocycles. The third kappa shape index (κ3) is 6.46. The Balaban J connectivity index is 0.000000104. The summed E-state index contributed by atoms with van der Waals surface area (Å²) in [6.07, 6.45) is 23.7. The van der Waals surface area contributed by atoms with Gasteiger partial charge in [-0.1, -0.05) is 101 Å². The van der Waals surface area contributed by atoms with Gasteiger partial charge in [0, 0.05) is 0 Å². The van der Waals surface area contributed by atoms with Crippen molar-refractivity contribution in [3.63, 3.8) is 0 Å². The van der Waals surface area contributed by atoms with Crippen molar-refractivity contribution in [3.8, 4) is 0 Å². The molecule has 8 fully saturated rings. The smallest absolute Gasteiger partial charge is 0.313 e. The predicted molar refractivity (Wildman–Crippen MR) is 137 cm³/mol. The van der Waals surface area contributed by atoms with E-state index in [0.717, 1.165) is 47.3 Å². The Morgan fingerprint density at radius 1 is 0.364 bits per heavy atom. The first-order valence-corrected chi connectivity index (χ1v) is 14.8. The molecular formula is C32H52Cr. The minimum atomic E-state index is 0. The molecule has 33 heavy (non-hydrogen) atoms. The molecule has 0 saturated heterocycles. The van der Waals surface area contributed by atoms with Crippen molar-refractivity contribution in [2.45, 2.75) is 130 Å². The van der Waals surface area contributed by atoms with Crippen LogP contribution in [0.1, 0.15) is 130 Å². The molecule has 0 aromatic rings. The Hall–Kier alpha value is 0.532. The molecule has 8 aliphatic carbocycles. The number of rotatable bonds is 0. The molecule has 0 nitrogen and oxygen atoms in total. The molecule has 0 heterocycles. The van der Waals surface area contributed by atoms with Gasteiger partial charge in [0.1, 0.15) is 0 Å². The van der Waals surface area contributed by atoms with E-state index < -0.39 is 0 Å². The van der Waals surface area contributed by atoms with E-state index in [2.05, 4.69) is 27.7 Å². The Morgan fingerprint density at radius 3 is 0.636 bits per heavy atom. The molecule has 0 aromatic heterocycles. The second kappa shape index (κ2) is 11.7. The summed E-state index contributed by atoms with van der Waals surface area (Å²) in [5.74, 6) is 16.0. The Kier molecular flexibility index (Phi) is 9.45. The van der Waals surface area contributed by atoms with Crippen molar-refractivity contribution in [1.82, 2.24) is 0 Å². The van der Waals surface area contributed by atoms with Crippen LogP contribution in [-0.4, -0.2) is 0 Å². The molecule has 0 radical (unpaired) electrons. The maximum absolute atomic E-state index is 2.40. The minimum Gasteiger partial charge on any atom is -0.313 e. The van der Waals surface area contributed by atoms with E-state index in [9.17, 15) is 0 Å². The van der Waals surface area contributed by atoms with Crippen LogP contribution in [0.2, 0.25) is 0 Å². The quantitative estimate of drug-likeness (QED) is 0.298. The number of hydrogen-bond donors (Lipinski definition) is 0. The summed E-state index contributed by atoms with van der Waals surface area (Å²) >= 11 is 0. The van der Waals surface area contributed by atoms with Crippen LogP contribution in [0.15, 0.2) is 0 Å². The van der Waals surface area contributed by atoms with Gasteiger partial charge in [0.25, 0.3) is 0 Å². The summed E-state index contributed by atoms with van der Waals surface area (Å²) in [6, 6.07) is 0. The van der Waals surface area contributed by atoms with Crippen LogP contribution in [0.25, 0.3) is 0 Å². The Labute approximate surface area is 218 Å². The van der Waals surface area contributed by atoms with E-state index in [-0.39, 0.29) is 17.4 Å². The minimum absolute atomic E-state index is 0. The number of hydrogen-bond acceptors (Lipinski definition) is 0. The van der Waals surface area contributed by atoms with Gasteiger partial charge in [-0.2, -0.15) is 77.0 Å². The van der Waals surface area contributed by atoms with Crippen molar-refractivity contribution >= 4 is 0 Å². The molecule has 0 N–H and O–H groups in total. The van der Waals surface area contributed by atoms with E-state index in [1.807, 2.05) is 23.7 Å². The normalized spacial score (nSPS) is 44.7. The summed E-state index contributed by atoms with van der Waals surface area (Å²) in [4.78, 5) is 0. The SMILES string of the molecule is CC1C[C-]2CCC1C2.CC1C[C-]2CCC1C2.CC1C[C-]2CCC1C2.CC1C[C-]2CCC1C2.[Cr+4]. The van der Waals surface area contributed by atoms with Crippen LogP contribution in [0, 0.1) is 71.0 Å². The zero-order valence-corrected chi connectivity index (χ0v) is 23.6. The second-order valence-corrected chi connectivity index (χ2v) is 13.7. The van der Waals surface area contributed by atoms with Gasteiger partial charge in [0.2, 0.25) is 0 Å². The van der Waals surface area contributed by atoms with Crippen molar-refractivity contribution in [1.29, 1.82) is 0 Å². The van der Waals surface area contributed by atoms with E-state index in [0.29, 0.717) is 0 Å². The average molecular weight is 489 g/mol. The molecule has 1 heteroatoms. The van der Waals surface area contributed by atoms with Crippen LogP contribution in [0.4, 0.5) is 0 Å². The van der Waals surface area contributed by atoms with E-state index in [4.69, 9.17) is 0 Å². The van der Waals surface area contributed by atoms with Crippen LogP contribution in [-0.2, 0) is 17.4 Å². The zero-order chi connectivity index (χ0) is 22.2. The first kappa shape index (κ1) is 26.6. The Morgan fingerprint density at radius 2 is 0.576 bits per heavy atom. The first-order chi connectivity index (χ1) is 15.4. The van der Waals surface area contributed by atoms with Gasteiger partial charge < -0.3 is 23.7 Å². The van der Waals surface area contributed by atoms with Gasteiger partial charge in [-0.3, -0.25) is 0 Å². The summed E-state index contributed by atoms with van der Waals surface area (Å²) in [5.41, 5.74) is 0. The summed E-state index contributed by atoms with van der Waals surface area (Å²) < 4.78 is 0. The van der Waals surface area contributed by atoms with Gasteiger partial charge in [0.05, 0.1) is 0 Å². The Bertz CT molecular complexity index is 487. The molecule has 0 spiro atoms. The van der Waals surface area contributed by atoms with Gasteiger partial charge in [-0.15, -0.1) is 0 Å².